The minimum absolute atomic E-state index is 0.184. The number of pyridine rings is 1. The molecule has 26 heavy (non-hydrogen) atoms. The van der Waals surface area contributed by atoms with Gasteiger partial charge in [-0.25, -0.2) is 4.98 Å². The maximum Gasteiger partial charge on any atom is 0.268 e. The summed E-state index contributed by atoms with van der Waals surface area (Å²) in [4.78, 5) is 23.3. The summed E-state index contributed by atoms with van der Waals surface area (Å²) in [6, 6.07) is 11.0. The topological polar surface area (TPSA) is 80.9 Å². The van der Waals surface area contributed by atoms with Crippen molar-refractivity contribution in [3.8, 4) is 21.5 Å². The molecule has 1 amide bonds. The third kappa shape index (κ3) is 3.52. The number of rotatable bonds is 5. The van der Waals surface area contributed by atoms with Gasteiger partial charge in [0.25, 0.3) is 11.8 Å². The third-order valence-electron chi connectivity index (χ3n) is 3.47. The second-order valence-corrected chi connectivity index (χ2v) is 7.66. The lowest BCUT2D eigenvalue weighted by Crippen LogP contribution is -2.22. The van der Waals surface area contributed by atoms with Crippen LogP contribution >= 0.6 is 34.3 Å². The fourth-order valence-corrected chi connectivity index (χ4v) is 3.96. The van der Waals surface area contributed by atoms with Gasteiger partial charge >= 0.3 is 0 Å². The summed E-state index contributed by atoms with van der Waals surface area (Å²) < 4.78 is 5.34. The molecule has 4 rings (SSSR count). The molecule has 0 aromatic carbocycles. The molecule has 0 saturated heterocycles. The molecule has 4 aromatic rings. The minimum Gasteiger partial charge on any atom is -0.347 e. The molecular formula is C17H11ClN4O2S2. The fourth-order valence-electron chi connectivity index (χ4n) is 2.24. The number of carbonyl (C=O) groups excluding carboxylic acids is 1. The Morgan fingerprint density at radius 3 is 2.92 bits per heavy atom. The molecule has 0 aliphatic rings. The quantitative estimate of drug-likeness (QED) is 0.497. The fraction of sp³-hybridized carbons (Fsp3) is 0.0588. The molecule has 0 atom stereocenters. The van der Waals surface area contributed by atoms with E-state index in [0.717, 1.165) is 14.6 Å². The standard InChI is InChI=1S/C17H11ClN4O2S2/c18-14-11(3-1-7-19-14)16(23)20-9-10-5-6-13(26-10)17-21-15(22-24-17)12-4-2-8-25-12/h1-8H,9H2,(H,20,23). The van der Waals surface area contributed by atoms with Crippen molar-refractivity contribution < 1.29 is 9.32 Å². The average Bonchev–Trinajstić information content (AvgIpc) is 3.40. The van der Waals surface area contributed by atoms with Crippen LogP contribution in [0.3, 0.4) is 0 Å². The van der Waals surface area contributed by atoms with Gasteiger partial charge in [-0.2, -0.15) is 4.98 Å². The first-order chi connectivity index (χ1) is 12.7. The molecular weight excluding hydrogens is 392 g/mol. The van der Waals surface area contributed by atoms with Gasteiger partial charge in [0.2, 0.25) is 5.82 Å². The molecule has 4 heterocycles. The van der Waals surface area contributed by atoms with Crippen molar-refractivity contribution in [3.05, 3.63) is 63.6 Å². The first kappa shape index (κ1) is 16.9. The monoisotopic (exact) mass is 402 g/mol. The summed E-state index contributed by atoms with van der Waals surface area (Å²) in [5.74, 6) is 0.770. The lowest BCUT2D eigenvalue weighted by atomic mass is 10.2. The second kappa shape index (κ2) is 7.36. The van der Waals surface area contributed by atoms with Gasteiger partial charge in [0.15, 0.2) is 0 Å². The van der Waals surface area contributed by atoms with Gasteiger partial charge in [0, 0.05) is 11.1 Å². The lowest BCUT2D eigenvalue weighted by Gasteiger charge is -2.04. The molecule has 0 saturated carbocycles. The number of hydrogen-bond donors (Lipinski definition) is 1. The number of halogens is 1. The van der Waals surface area contributed by atoms with Crippen LogP contribution in [-0.4, -0.2) is 21.0 Å². The molecule has 0 unspecified atom stereocenters. The highest BCUT2D eigenvalue weighted by atomic mass is 35.5. The van der Waals surface area contributed by atoms with E-state index in [1.807, 2.05) is 29.6 Å². The van der Waals surface area contributed by atoms with Crippen molar-refractivity contribution in [2.45, 2.75) is 6.54 Å². The Balaban J connectivity index is 1.44. The largest absolute Gasteiger partial charge is 0.347 e. The molecule has 0 fully saturated rings. The van der Waals surface area contributed by atoms with Crippen LogP contribution in [0.4, 0.5) is 0 Å². The van der Waals surface area contributed by atoms with Crippen LogP contribution < -0.4 is 5.32 Å². The molecule has 130 valence electrons. The SMILES string of the molecule is O=C(NCc1ccc(-c2nc(-c3cccs3)no2)s1)c1cccnc1Cl. The van der Waals surface area contributed by atoms with Crippen molar-refractivity contribution in [3.63, 3.8) is 0 Å². The van der Waals surface area contributed by atoms with E-state index in [1.54, 1.807) is 29.7 Å². The zero-order valence-corrected chi connectivity index (χ0v) is 15.6. The minimum atomic E-state index is -0.268. The van der Waals surface area contributed by atoms with E-state index in [4.69, 9.17) is 16.1 Å². The zero-order chi connectivity index (χ0) is 17.9. The molecule has 1 N–H and O–H groups in total. The highest BCUT2D eigenvalue weighted by molar-refractivity contribution is 7.15. The molecule has 9 heteroatoms. The summed E-state index contributed by atoms with van der Waals surface area (Å²) in [6.07, 6.45) is 1.54. The van der Waals surface area contributed by atoms with E-state index in [0.29, 0.717) is 23.8 Å². The van der Waals surface area contributed by atoms with Crippen LogP contribution in [-0.2, 0) is 6.54 Å². The van der Waals surface area contributed by atoms with E-state index >= 15 is 0 Å². The summed E-state index contributed by atoms with van der Waals surface area (Å²) >= 11 is 8.97. The van der Waals surface area contributed by atoms with Crippen molar-refractivity contribution >= 4 is 40.2 Å². The van der Waals surface area contributed by atoms with Crippen molar-refractivity contribution in [2.75, 3.05) is 0 Å². The Kier molecular flexibility index (Phi) is 4.79. The van der Waals surface area contributed by atoms with Crippen LogP contribution in [0.1, 0.15) is 15.2 Å². The lowest BCUT2D eigenvalue weighted by molar-refractivity contribution is 0.0951. The van der Waals surface area contributed by atoms with E-state index in [2.05, 4.69) is 20.4 Å². The van der Waals surface area contributed by atoms with Crippen LogP contribution in [0.25, 0.3) is 21.5 Å². The van der Waals surface area contributed by atoms with Crippen LogP contribution in [0, 0.1) is 0 Å². The number of aromatic nitrogens is 3. The smallest absolute Gasteiger partial charge is 0.268 e. The number of carbonyl (C=O) groups is 1. The van der Waals surface area contributed by atoms with Crippen LogP contribution in [0.5, 0.6) is 0 Å². The Labute approximate surface area is 161 Å². The highest BCUT2D eigenvalue weighted by Crippen LogP contribution is 2.29. The van der Waals surface area contributed by atoms with Crippen molar-refractivity contribution in [1.29, 1.82) is 0 Å². The van der Waals surface area contributed by atoms with E-state index in [9.17, 15) is 4.79 Å². The predicted octanol–water partition coefficient (Wildman–Crippen LogP) is 4.51. The first-order valence-corrected chi connectivity index (χ1v) is 9.63. The molecule has 0 aliphatic carbocycles. The maximum atomic E-state index is 12.2. The highest BCUT2D eigenvalue weighted by Gasteiger charge is 2.14. The van der Waals surface area contributed by atoms with Crippen molar-refractivity contribution in [1.82, 2.24) is 20.4 Å². The zero-order valence-electron chi connectivity index (χ0n) is 13.2. The Bertz CT molecular complexity index is 1040. The summed E-state index contributed by atoms with van der Waals surface area (Å²) in [5.41, 5.74) is 0.350. The van der Waals surface area contributed by atoms with Gasteiger partial charge in [-0.1, -0.05) is 22.8 Å². The predicted molar refractivity (Wildman–Crippen MR) is 101 cm³/mol. The third-order valence-corrected chi connectivity index (χ3v) is 5.71. The summed E-state index contributed by atoms with van der Waals surface area (Å²) in [5, 5.41) is 8.99. The second-order valence-electron chi connectivity index (χ2n) is 5.19. The molecule has 0 aliphatic heterocycles. The Morgan fingerprint density at radius 1 is 1.19 bits per heavy atom. The van der Waals surface area contributed by atoms with Crippen LogP contribution in [0.2, 0.25) is 5.15 Å². The molecule has 4 aromatic heterocycles. The van der Waals surface area contributed by atoms with E-state index < -0.39 is 0 Å². The summed E-state index contributed by atoms with van der Waals surface area (Å²) in [7, 11) is 0. The molecule has 0 radical (unpaired) electrons. The Morgan fingerprint density at radius 2 is 2.12 bits per heavy atom. The number of amides is 1. The van der Waals surface area contributed by atoms with Gasteiger partial charge in [0.05, 0.1) is 21.9 Å². The van der Waals surface area contributed by atoms with Gasteiger partial charge in [-0.05, 0) is 35.7 Å². The Hall–Kier alpha value is -2.55. The number of hydrogen-bond acceptors (Lipinski definition) is 7. The number of thiophene rings is 2. The number of nitrogens with zero attached hydrogens (tertiary/aromatic N) is 3. The van der Waals surface area contributed by atoms with Gasteiger partial charge in [0.1, 0.15) is 5.15 Å². The maximum absolute atomic E-state index is 12.2. The molecule has 6 nitrogen and oxygen atoms in total. The number of nitrogens with one attached hydrogen (secondary N) is 1. The van der Waals surface area contributed by atoms with E-state index in [-0.39, 0.29) is 11.1 Å². The van der Waals surface area contributed by atoms with Crippen LogP contribution in [0.15, 0.2) is 52.5 Å². The normalized spacial score (nSPS) is 10.8. The molecule has 0 bridgehead atoms. The average molecular weight is 403 g/mol. The van der Waals surface area contributed by atoms with Gasteiger partial charge in [-0.3, -0.25) is 4.79 Å². The first-order valence-electron chi connectivity index (χ1n) is 7.56. The van der Waals surface area contributed by atoms with Crippen molar-refractivity contribution in [2.24, 2.45) is 0 Å². The molecule has 0 spiro atoms. The van der Waals surface area contributed by atoms with Gasteiger partial charge < -0.3 is 9.84 Å². The summed E-state index contributed by atoms with van der Waals surface area (Å²) in [6.45, 7) is 0.376. The van der Waals surface area contributed by atoms with Gasteiger partial charge in [-0.15, -0.1) is 22.7 Å². The van der Waals surface area contributed by atoms with E-state index in [1.165, 1.54) is 11.3 Å².